The molecule has 2 aromatic carbocycles. The fraction of sp³-hybridized carbons (Fsp3) is 0.263. The van der Waals surface area contributed by atoms with Crippen molar-refractivity contribution < 1.29 is 28.2 Å². The zero-order chi connectivity index (χ0) is 19.1. The molecule has 0 fully saturated rings. The van der Waals surface area contributed by atoms with Crippen LogP contribution < -0.4 is 4.74 Å². The van der Waals surface area contributed by atoms with Gasteiger partial charge in [-0.3, -0.25) is 9.59 Å². The minimum absolute atomic E-state index is 0.0284. The molecule has 0 aromatic heterocycles. The number of benzene rings is 2. The van der Waals surface area contributed by atoms with Crippen molar-refractivity contribution in [2.45, 2.75) is 19.9 Å². The van der Waals surface area contributed by atoms with E-state index in [2.05, 4.69) is 0 Å². The molecule has 26 heavy (non-hydrogen) atoms. The second kappa shape index (κ2) is 8.94. The number of carboxylic acid groups (broad SMARTS) is 1. The van der Waals surface area contributed by atoms with Gasteiger partial charge in [0.25, 0.3) is 5.91 Å². The second-order valence-corrected chi connectivity index (χ2v) is 5.78. The number of ether oxygens (including phenoxy) is 1. The summed E-state index contributed by atoms with van der Waals surface area (Å²) < 4.78 is 32.6. The lowest BCUT2D eigenvalue weighted by atomic mass is 10.2. The number of amides is 1. The standard InChI is InChI=1S/C19H19F2NO4/c1-13-4-2-6-15(10-13)26-12-17(23)22(9-8-18(24)25)11-14-5-3-7-16(20)19(14)21/h2-7,10H,8-9,11-12H2,1H3,(H,24,25). The van der Waals surface area contributed by atoms with E-state index < -0.39 is 23.5 Å². The minimum Gasteiger partial charge on any atom is -0.484 e. The molecule has 0 aliphatic carbocycles. The summed E-state index contributed by atoms with van der Waals surface area (Å²) in [6.45, 7) is 1.16. The Balaban J connectivity index is 2.08. The normalized spacial score (nSPS) is 10.4. The number of nitrogens with zero attached hydrogens (tertiary/aromatic N) is 1. The van der Waals surface area contributed by atoms with Gasteiger partial charge in [0.05, 0.1) is 6.42 Å². The first kappa shape index (κ1) is 19.4. The van der Waals surface area contributed by atoms with Crippen LogP contribution in [-0.2, 0) is 16.1 Å². The Labute approximate surface area is 149 Å². The van der Waals surface area contributed by atoms with Gasteiger partial charge in [0, 0.05) is 18.7 Å². The smallest absolute Gasteiger partial charge is 0.305 e. The molecule has 0 atom stereocenters. The van der Waals surface area contributed by atoms with Crippen LogP contribution in [0, 0.1) is 18.6 Å². The summed E-state index contributed by atoms with van der Waals surface area (Å²) in [5.74, 6) is -3.20. The first-order valence-corrected chi connectivity index (χ1v) is 7.98. The van der Waals surface area contributed by atoms with Crippen LogP contribution in [0.15, 0.2) is 42.5 Å². The van der Waals surface area contributed by atoms with Gasteiger partial charge in [0.2, 0.25) is 0 Å². The SMILES string of the molecule is Cc1cccc(OCC(=O)N(CCC(=O)O)Cc2cccc(F)c2F)c1. The zero-order valence-electron chi connectivity index (χ0n) is 14.2. The van der Waals surface area contributed by atoms with Crippen LogP contribution in [0.5, 0.6) is 5.75 Å². The van der Waals surface area contributed by atoms with Gasteiger partial charge in [0.15, 0.2) is 18.2 Å². The summed E-state index contributed by atoms with van der Waals surface area (Å²) in [7, 11) is 0. The average Bonchev–Trinajstić information content (AvgIpc) is 2.60. The zero-order valence-corrected chi connectivity index (χ0v) is 14.2. The highest BCUT2D eigenvalue weighted by atomic mass is 19.2. The molecular formula is C19H19F2NO4. The molecule has 0 saturated heterocycles. The average molecular weight is 363 g/mol. The number of halogens is 2. The Morgan fingerprint density at radius 1 is 1.15 bits per heavy atom. The molecule has 2 rings (SSSR count). The van der Waals surface area contributed by atoms with Crippen LogP contribution in [0.3, 0.4) is 0 Å². The van der Waals surface area contributed by atoms with E-state index in [0.29, 0.717) is 5.75 Å². The van der Waals surface area contributed by atoms with Gasteiger partial charge in [0.1, 0.15) is 5.75 Å². The van der Waals surface area contributed by atoms with Crippen molar-refractivity contribution in [3.05, 3.63) is 65.2 Å². The van der Waals surface area contributed by atoms with Crippen molar-refractivity contribution in [2.24, 2.45) is 0 Å². The highest BCUT2D eigenvalue weighted by molar-refractivity contribution is 5.78. The lowest BCUT2D eigenvalue weighted by molar-refractivity contribution is -0.139. The van der Waals surface area contributed by atoms with E-state index >= 15 is 0 Å². The summed E-state index contributed by atoms with van der Waals surface area (Å²) in [5.41, 5.74) is 0.929. The van der Waals surface area contributed by atoms with Crippen LogP contribution in [0.1, 0.15) is 17.5 Å². The van der Waals surface area contributed by atoms with Gasteiger partial charge in [-0.15, -0.1) is 0 Å². The molecule has 0 aliphatic rings. The summed E-state index contributed by atoms with van der Waals surface area (Å²) >= 11 is 0. The van der Waals surface area contributed by atoms with Crippen molar-refractivity contribution in [3.63, 3.8) is 0 Å². The highest BCUT2D eigenvalue weighted by Crippen LogP contribution is 2.16. The van der Waals surface area contributed by atoms with Gasteiger partial charge in [-0.05, 0) is 30.7 Å². The maximum absolute atomic E-state index is 13.9. The molecule has 0 unspecified atom stereocenters. The number of hydrogen-bond donors (Lipinski definition) is 1. The monoisotopic (exact) mass is 363 g/mol. The number of carbonyl (C=O) groups is 2. The molecule has 2 aromatic rings. The second-order valence-electron chi connectivity index (χ2n) is 5.78. The Hall–Kier alpha value is -2.96. The highest BCUT2D eigenvalue weighted by Gasteiger charge is 2.19. The molecule has 0 radical (unpaired) electrons. The Kier molecular flexibility index (Phi) is 6.66. The Morgan fingerprint density at radius 2 is 1.88 bits per heavy atom. The van der Waals surface area contributed by atoms with Crippen molar-refractivity contribution in [1.29, 1.82) is 0 Å². The van der Waals surface area contributed by atoms with Gasteiger partial charge in [-0.25, -0.2) is 8.78 Å². The molecule has 0 saturated carbocycles. The van der Waals surface area contributed by atoms with E-state index in [1.54, 1.807) is 18.2 Å². The fourth-order valence-corrected chi connectivity index (χ4v) is 2.34. The summed E-state index contributed by atoms with van der Waals surface area (Å²) in [6, 6.07) is 10.7. The molecule has 0 bridgehead atoms. The maximum Gasteiger partial charge on any atom is 0.305 e. The first-order valence-electron chi connectivity index (χ1n) is 7.98. The lowest BCUT2D eigenvalue weighted by Crippen LogP contribution is -2.36. The molecular weight excluding hydrogens is 344 g/mol. The summed E-state index contributed by atoms with van der Waals surface area (Å²) in [5, 5.41) is 8.84. The van der Waals surface area contributed by atoms with Crippen molar-refractivity contribution in [1.82, 2.24) is 4.90 Å². The maximum atomic E-state index is 13.9. The third kappa shape index (κ3) is 5.54. The molecule has 138 valence electrons. The molecule has 5 nitrogen and oxygen atoms in total. The molecule has 0 aliphatic heterocycles. The Bertz CT molecular complexity index is 795. The number of carbonyl (C=O) groups excluding carboxylic acids is 1. The summed E-state index contributed by atoms with van der Waals surface area (Å²) in [4.78, 5) is 24.4. The first-order chi connectivity index (χ1) is 12.4. The predicted molar refractivity (Wildman–Crippen MR) is 90.7 cm³/mol. The van der Waals surface area contributed by atoms with E-state index in [4.69, 9.17) is 9.84 Å². The van der Waals surface area contributed by atoms with Gasteiger partial charge < -0.3 is 14.7 Å². The fourth-order valence-electron chi connectivity index (χ4n) is 2.34. The third-order valence-electron chi connectivity index (χ3n) is 3.69. The largest absolute Gasteiger partial charge is 0.484 e. The van der Waals surface area contributed by atoms with Crippen molar-refractivity contribution in [2.75, 3.05) is 13.2 Å². The number of aliphatic carboxylic acids is 1. The Morgan fingerprint density at radius 3 is 2.58 bits per heavy atom. The van der Waals surface area contributed by atoms with Gasteiger partial charge >= 0.3 is 5.97 Å². The van der Waals surface area contributed by atoms with E-state index in [-0.39, 0.29) is 31.7 Å². The quantitative estimate of drug-likeness (QED) is 0.782. The van der Waals surface area contributed by atoms with Crippen LogP contribution >= 0.6 is 0 Å². The van der Waals surface area contributed by atoms with Gasteiger partial charge in [-0.2, -0.15) is 0 Å². The van der Waals surface area contributed by atoms with E-state index in [1.165, 1.54) is 12.1 Å². The van der Waals surface area contributed by atoms with Crippen molar-refractivity contribution in [3.8, 4) is 5.75 Å². The van der Waals surface area contributed by atoms with E-state index in [9.17, 15) is 18.4 Å². The minimum atomic E-state index is -1.10. The predicted octanol–water partition coefficient (Wildman–Crippen LogP) is 3.16. The number of aryl methyl sites for hydroxylation is 1. The van der Waals surface area contributed by atoms with Gasteiger partial charge in [-0.1, -0.05) is 24.3 Å². The molecule has 0 heterocycles. The van der Waals surface area contributed by atoms with Crippen molar-refractivity contribution >= 4 is 11.9 Å². The van der Waals surface area contributed by atoms with Crippen LogP contribution in [0.25, 0.3) is 0 Å². The molecule has 7 heteroatoms. The lowest BCUT2D eigenvalue weighted by Gasteiger charge is -2.22. The number of carboxylic acids is 1. The van der Waals surface area contributed by atoms with Crippen LogP contribution in [0.2, 0.25) is 0 Å². The third-order valence-corrected chi connectivity index (χ3v) is 3.69. The molecule has 1 N–H and O–H groups in total. The van der Waals surface area contributed by atoms with E-state index in [0.717, 1.165) is 16.5 Å². The van der Waals surface area contributed by atoms with E-state index in [1.807, 2.05) is 13.0 Å². The summed E-state index contributed by atoms with van der Waals surface area (Å²) in [6.07, 6.45) is -0.312. The molecule has 1 amide bonds. The number of hydrogen-bond acceptors (Lipinski definition) is 3. The molecule has 0 spiro atoms. The topological polar surface area (TPSA) is 66.8 Å². The van der Waals surface area contributed by atoms with Crippen LogP contribution in [0.4, 0.5) is 8.78 Å². The number of rotatable bonds is 8. The van der Waals surface area contributed by atoms with Crippen LogP contribution in [-0.4, -0.2) is 35.0 Å².